The van der Waals surface area contributed by atoms with E-state index in [-0.39, 0.29) is 0 Å². The third-order valence-corrected chi connectivity index (χ3v) is 5.73. The van der Waals surface area contributed by atoms with Crippen LogP contribution in [0, 0.1) is 23.7 Å². The van der Waals surface area contributed by atoms with Gasteiger partial charge in [-0.3, -0.25) is 0 Å². The van der Waals surface area contributed by atoms with Crippen LogP contribution in [0.15, 0.2) is 0 Å². The molecule has 2 rings (SSSR count). The van der Waals surface area contributed by atoms with Crippen LogP contribution in [-0.2, 0) is 0 Å². The first kappa shape index (κ1) is 16.3. The van der Waals surface area contributed by atoms with Gasteiger partial charge in [0.15, 0.2) is 0 Å². The fourth-order valence-corrected chi connectivity index (χ4v) is 4.40. The zero-order chi connectivity index (χ0) is 14.5. The van der Waals surface area contributed by atoms with Crippen LogP contribution >= 0.6 is 0 Å². The standard InChI is InChI=1S/C18H36N2/c1-13(2)17(14(3)4)12-19-11-16-10-9-15-7-5-6-8-18(15)20-16/h13-20H,5-12H2,1-4H3. The van der Waals surface area contributed by atoms with E-state index < -0.39 is 0 Å². The third-order valence-electron chi connectivity index (χ3n) is 5.73. The van der Waals surface area contributed by atoms with Crippen LogP contribution in [0.5, 0.6) is 0 Å². The predicted octanol–water partition coefficient (Wildman–Crippen LogP) is 3.82. The highest BCUT2D eigenvalue weighted by atomic mass is 15.0. The average Bonchev–Trinajstić information content (AvgIpc) is 2.42. The van der Waals surface area contributed by atoms with Gasteiger partial charge in [0.2, 0.25) is 0 Å². The molecule has 2 nitrogen and oxygen atoms in total. The molecular weight excluding hydrogens is 244 g/mol. The largest absolute Gasteiger partial charge is 0.315 e. The van der Waals surface area contributed by atoms with Crippen LogP contribution in [0.4, 0.5) is 0 Å². The van der Waals surface area contributed by atoms with E-state index in [0.717, 1.165) is 29.7 Å². The summed E-state index contributed by atoms with van der Waals surface area (Å²) in [5.41, 5.74) is 0. The molecule has 1 aliphatic heterocycles. The lowest BCUT2D eigenvalue weighted by atomic mass is 9.78. The Hall–Kier alpha value is -0.0800. The molecule has 0 bridgehead atoms. The van der Waals surface area contributed by atoms with E-state index in [4.69, 9.17) is 0 Å². The van der Waals surface area contributed by atoms with Crippen molar-refractivity contribution in [2.24, 2.45) is 23.7 Å². The summed E-state index contributed by atoms with van der Waals surface area (Å²) in [6.45, 7) is 11.8. The summed E-state index contributed by atoms with van der Waals surface area (Å²) < 4.78 is 0. The lowest BCUT2D eigenvalue weighted by Gasteiger charge is -2.41. The van der Waals surface area contributed by atoms with Gasteiger partial charge in [0.1, 0.15) is 0 Å². The van der Waals surface area contributed by atoms with Crippen LogP contribution in [0.25, 0.3) is 0 Å². The van der Waals surface area contributed by atoms with E-state index in [2.05, 4.69) is 38.3 Å². The van der Waals surface area contributed by atoms with Crippen molar-refractivity contribution < 1.29 is 0 Å². The fraction of sp³-hybridized carbons (Fsp3) is 1.00. The van der Waals surface area contributed by atoms with Crippen molar-refractivity contribution in [3.8, 4) is 0 Å². The lowest BCUT2D eigenvalue weighted by Crippen LogP contribution is -2.52. The maximum absolute atomic E-state index is 3.93. The van der Waals surface area contributed by atoms with Gasteiger partial charge in [-0.25, -0.2) is 0 Å². The third kappa shape index (κ3) is 4.46. The molecule has 2 fully saturated rings. The van der Waals surface area contributed by atoms with Crippen LogP contribution in [0.2, 0.25) is 0 Å². The van der Waals surface area contributed by atoms with Gasteiger partial charge in [0.25, 0.3) is 0 Å². The Bertz CT molecular complexity index is 267. The zero-order valence-electron chi connectivity index (χ0n) is 14.1. The second-order valence-corrected chi connectivity index (χ2v) is 7.90. The maximum Gasteiger partial charge on any atom is 0.0195 e. The van der Waals surface area contributed by atoms with Crippen molar-refractivity contribution in [1.82, 2.24) is 10.6 Å². The van der Waals surface area contributed by atoms with Gasteiger partial charge in [-0.1, -0.05) is 40.5 Å². The molecule has 0 amide bonds. The van der Waals surface area contributed by atoms with Gasteiger partial charge in [0, 0.05) is 18.6 Å². The molecule has 1 aliphatic carbocycles. The van der Waals surface area contributed by atoms with E-state index in [9.17, 15) is 0 Å². The molecule has 0 aromatic heterocycles. The van der Waals surface area contributed by atoms with Crippen molar-refractivity contribution in [2.75, 3.05) is 13.1 Å². The highest BCUT2D eigenvalue weighted by molar-refractivity contribution is 4.90. The van der Waals surface area contributed by atoms with Gasteiger partial charge in [-0.05, 0) is 55.9 Å². The zero-order valence-corrected chi connectivity index (χ0v) is 14.1. The number of fused-ring (bicyclic) bond motifs is 1. The van der Waals surface area contributed by atoms with Crippen molar-refractivity contribution in [3.63, 3.8) is 0 Å². The first-order chi connectivity index (χ1) is 9.58. The Labute approximate surface area is 126 Å². The van der Waals surface area contributed by atoms with E-state index >= 15 is 0 Å². The van der Waals surface area contributed by atoms with Crippen LogP contribution in [0.1, 0.15) is 66.2 Å². The molecule has 0 radical (unpaired) electrons. The molecule has 2 N–H and O–H groups in total. The van der Waals surface area contributed by atoms with Gasteiger partial charge in [-0.2, -0.15) is 0 Å². The minimum absolute atomic E-state index is 0.717. The molecule has 20 heavy (non-hydrogen) atoms. The number of piperidine rings is 1. The summed E-state index contributed by atoms with van der Waals surface area (Å²) >= 11 is 0. The smallest absolute Gasteiger partial charge is 0.0195 e. The second-order valence-electron chi connectivity index (χ2n) is 7.90. The first-order valence-electron chi connectivity index (χ1n) is 9.04. The summed E-state index contributed by atoms with van der Waals surface area (Å²) in [7, 11) is 0. The molecule has 0 aromatic rings. The number of rotatable bonds is 6. The molecule has 118 valence electrons. The molecule has 2 heteroatoms. The van der Waals surface area contributed by atoms with E-state index in [1.54, 1.807) is 0 Å². The Kier molecular flexibility index (Phi) is 6.35. The number of hydrogen-bond donors (Lipinski definition) is 2. The number of hydrogen-bond acceptors (Lipinski definition) is 2. The monoisotopic (exact) mass is 280 g/mol. The normalized spacial score (nSPS) is 31.1. The average molecular weight is 280 g/mol. The van der Waals surface area contributed by atoms with E-state index in [1.165, 1.54) is 51.6 Å². The Balaban J connectivity index is 1.69. The van der Waals surface area contributed by atoms with Crippen LogP contribution in [-0.4, -0.2) is 25.2 Å². The quantitative estimate of drug-likeness (QED) is 0.773. The molecule has 2 aliphatic rings. The molecule has 1 heterocycles. The van der Waals surface area contributed by atoms with E-state index in [1.807, 2.05) is 0 Å². The molecule has 1 saturated heterocycles. The Morgan fingerprint density at radius 1 is 0.950 bits per heavy atom. The predicted molar refractivity (Wildman–Crippen MR) is 87.9 cm³/mol. The fourth-order valence-electron chi connectivity index (χ4n) is 4.40. The highest BCUT2D eigenvalue weighted by Crippen LogP contribution is 2.32. The Morgan fingerprint density at radius 3 is 2.35 bits per heavy atom. The molecular formula is C18H36N2. The summed E-state index contributed by atoms with van der Waals surface area (Å²) in [5.74, 6) is 3.36. The van der Waals surface area contributed by atoms with Crippen molar-refractivity contribution in [1.29, 1.82) is 0 Å². The topological polar surface area (TPSA) is 24.1 Å². The highest BCUT2D eigenvalue weighted by Gasteiger charge is 2.31. The van der Waals surface area contributed by atoms with Crippen LogP contribution in [0.3, 0.4) is 0 Å². The first-order valence-corrected chi connectivity index (χ1v) is 9.04. The van der Waals surface area contributed by atoms with E-state index in [0.29, 0.717) is 6.04 Å². The molecule has 3 unspecified atom stereocenters. The minimum Gasteiger partial charge on any atom is -0.315 e. The molecule has 1 saturated carbocycles. The summed E-state index contributed by atoms with van der Waals surface area (Å²) in [4.78, 5) is 0. The van der Waals surface area contributed by atoms with Crippen molar-refractivity contribution in [3.05, 3.63) is 0 Å². The SMILES string of the molecule is CC(C)C(CNCC1CCC2CCCCC2N1)C(C)C. The minimum atomic E-state index is 0.717. The molecule has 0 spiro atoms. The second kappa shape index (κ2) is 7.79. The molecule has 0 aromatic carbocycles. The van der Waals surface area contributed by atoms with Crippen molar-refractivity contribution in [2.45, 2.75) is 78.3 Å². The summed E-state index contributed by atoms with van der Waals surface area (Å²) in [6, 6.07) is 1.55. The van der Waals surface area contributed by atoms with Gasteiger partial charge in [0.05, 0.1) is 0 Å². The summed E-state index contributed by atoms with van der Waals surface area (Å²) in [6.07, 6.45) is 8.64. The lowest BCUT2D eigenvalue weighted by molar-refractivity contribution is 0.171. The number of nitrogens with one attached hydrogen (secondary N) is 2. The van der Waals surface area contributed by atoms with Gasteiger partial charge in [-0.15, -0.1) is 0 Å². The van der Waals surface area contributed by atoms with Crippen LogP contribution < -0.4 is 10.6 Å². The maximum atomic E-state index is 3.93. The molecule has 3 atom stereocenters. The van der Waals surface area contributed by atoms with Gasteiger partial charge < -0.3 is 10.6 Å². The summed E-state index contributed by atoms with van der Waals surface area (Å²) in [5, 5.41) is 7.68. The van der Waals surface area contributed by atoms with Crippen molar-refractivity contribution >= 4 is 0 Å². The Morgan fingerprint density at radius 2 is 1.65 bits per heavy atom. The van der Waals surface area contributed by atoms with Gasteiger partial charge >= 0.3 is 0 Å².